The lowest BCUT2D eigenvalue weighted by Crippen LogP contribution is -2.35. The summed E-state index contributed by atoms with van der Waals surface area (Å²) in [5.74, 6) is 0.476. The number of nitrogens with zero attached hydrogens (tertiary/aromatic N) is 2. The molecule has 2 amide bonds. The highest BCUT2D eigenvalue weighted by Crippen LogP contribution is 2.28. The molecular weight excluding hydrogens is 324 g/mol. The van der Waals surface area contributed by atoms with Gasteiger partial charge in [-0.15, -0.1) is 0 Å². The topological polar surface area (TPSA) is 40.6 Å². The molecule has 4 nitrogen and oxygen atoms in total. The van der Waals surface area contributed by atoms with E-state index in [1.807, 2.05) is 35.2 Å². The fraction of sp³-hybridized carbons (Fsp3) is 0.364. The van der Waals surface area contributed by atoms with Gasteiger partial charge in [-0.3, -0.25) is 9.59 Å². The Hall–Kier alpha value is -2.62. The van der Waals surface area contributed by atoms with Crippen molar-refractivity contribution >= 4 is 23.2 Å². The monoisotopic (exact) mass is 350 g/mol. The van der Waals surface area contributed by atoms with Gasteiger partial charge >= 0.3 is 0 Å². The molecule has 0 unspecified atom stereocenters. The summed E-state index contributed by atoms with van der Waals surface area (Å²) in [7, 11) is 0. The van der Waals surface area contributed by atoms with Crippen molar-refractivity contribution in [2.75, 3.05) is 22.9 Å². The molecule has 4 heteroatoms. The average Bonchev–Trinajstić information content (AvgIpc) is 3.06. The molecule has 0 saturated carbocycles. The van der Waals surface area contributed by atoms with Crippen LogP contribution < -0.4 is 9.80 Å². The van der Waals surface area contributed by atoms with E-state index in [9.17, 15) is 9.59 Å². The van der Waals surface area contributed by atoms with Crippen LogP contribution in [0.25, 0.3) is 0 Å². The van der Waals surface area contributed by atoms with Gasteiger partial charge in [-0.1, -0.05) is 44.2 Å². The number of para-hydroxylation sites is 1. The Morgan fingerprint density at radius 1 is 1.08 bits per heavy atom. The molecule has 1 aliphatic rings. The summed E-state index contributed by atoms with van der Waals surface area (Å²) in [6, 6.07) is 16.1. The van der Waals surface area contributed by atoms with Gasteiger partial charge in [-0.05, 0) is 41.7 Å². The van der Waals surface area contributed by atoms with E-state index >= 15 is 0 Å². The lowest BCUT2D eigenvalue weighted by Gasteiger charge is -2.23. The molecule has 0 aliphatic carbocycles. The van der Waals surface area contributed by atoms with Crippen LogP contribution in [-0.2, 0) is 16.0 Å². The minimum Gasteiger partial charge on any atom is -0.312 e. The summed E-state index contributed by atoms with van der Waals surface area (Å²) >= 11 is 0. The quantitative estimate of drug-likeness (QED) is 0.813. The number of benzene rings is 2. The molecular formula is C22H26N2O2. The third kappa shape index (κ3) is 3.79. The molecule has 2 aromatic carbocycles. The van der Waals surface area contributed by atoms with Crippen LogP contribution in [0.2, 0.25) is 0 Å². The van der Waals surface area contributed by atoms with Gasteiger partial charge in [-0.2, -0.15) is 0 Å². The number of carbonyl (C=O) groups is 2. The first-order valence-corrected chi connectivity index (χ1v) is 9.23. The smallest absolute Gasteiger partial charge is 0.228 e. The number of hydrogen-bond donors (Lipinski definition) is 0. The van der Waals surface area contributed by atoms with Gasteiger partial charge in [0.1, 0.15) is 0 Å². The van der Waals surface area contributed by atoms with Gasteiger partial charge < -0.3 is 9.80 Å². The van der Waals surface area contributed by atoms with Crippen LogP contribution in [0.5, 0.6) is 0 Å². The first kappa shape index (κ1) is 18.2. The Morgan fingerprint density at radius 3 is 2.42 bits per heavy atom. The van der Waals surface area contributed by atoms with Crippen LogP contribution >= 0.6 is 0 Å². The fourth-order valence-corrected chi connectivity index (χ4v) is 3.45. The van der Waals surface area contributed by atoms with Crippen molar-refractivity contribution in [1.29, 1.82) is 0 Å². The van der Waals surface area contributed by atoms with Crippen molar-refractivity contribution in [3.63, 3.8) is 0 Å². The van der Waals surface area contributed by atoms with Crippen molar-refractivity contribution < 1.29 is 9.59 Å². The zero-order chi connectivity index (χ0) is 18.7. The normalized spacial score (nSPS) is 13.0. The SMILES string of the molecule is CC(=O)N(CCC(=O)N1CCc2ccccc21)c1ccc(C(C)C)cc1. The molecule has 0 radical (unpaired) electrons. The molecule has 1 heterocycles. The highest BCUT2D eigenvalue weighted by atomic mass is 16.2. The number of fused-ring (bicyclic) bond motifs is 1. The standard InChI is InChI=1S/C22H26N2O2/c1-16(2)18-8-10-20(11-9-18)23(17(3)25)15-13-22(26)24-14-12-19-6-4-5-7-21(19)24/h4-11,16H,12-15H2,1-3H3. The van der Waals surface area contributed by atoms with E-state index in [1.165, 1.54) is 11.1 Å². The molecule has 0 fully saturated rings. The predicted molar refractivity (Wildman–Crippen MR) is 106 cm³/mol. The molecule has 26 heavy (non-hydrogen) atoms. The van der Waals surface area contributed by atoms with Crippen LogP contribution in [0.3, 0.4) is 0 Å². The van der Waals surface area contributed by atoms with Crippen LogP contribution in [0, 0.1) is 0 Å². The second kappa shape index (κ2) is 7.73. The zero-order valence-corrected chi connectivity index (χ0v) is 15.7. The summed E-state index contributed by atoms with van der Waals surface area (Å²) < 4.78 is 0. The van der Waals surface area contributed by atoms with E-state index in [0.717, 1.165) is 24.3 Å². The van der Waals surface area contributed by atoms with Gasteiger partial charge in [0, 0.05) is 37.8 Å². The van der Waals surface area contributed by atoms with E-state index in [2.05, 4.69) is 32.0 Å². The highest BCUT2D eigenvalue weighted by molar-refractivity contribution is 5.97. The van der Waals surface area contributed by atoms with Crippen molar-refractivity contribution in [3.8, 4) is 0 Å². The maximum atomic E-state index is 12.7. The molecule has 3 rings (SSSR count). The molecule has 0 atom stereocenters. The molecule has 1 aliphatic heterocycles. The van der Waals surface area contributed by atoms with E-state index < -0.39 is 0 Å². The molecule has 2 aromatic rings. The minimum atomic E-state index is -0.0445. The summed E-state index contributed by atoms with van der Waals surface area (Å²) in [6.45, 7) is 6.95. The summed E-state index contributed by atoms with van der Waals surface area (Å²) in [6.07, 6.45) is 1.22. The Labute approximate surface area is 155 Å². The Morgan fingerprint density at radius 2 is 1.77 bits per heavy atom. The maximum absolute atomic E-state index is 12.7. The maximum Gasteiger partial charge on any atom is 0.228 e. The van der Waals surface area contributed by atoms with Crippen molar-refractivity contribution in [3.05, 3.63) is 59.7 Å². The predicted octanol–water partition coefficient (Wildman–Crippen LogP) is 4.14. The third-order valence-corrected chi connectivity index (χ3v) is 4.99. The lowest BCUT2D eigenvalue weighted by atomic mass is 10.0. The highest BCUT2D eigenvalue weighted by Gasteiger charge is 2.24. The second-order valence-electron chi connectivity index (χ2n) is 7.09. The minimum absolute atomic E-state index is 0.0445. The van der Waals surface area contributed by atoms with E-state index in [4.69, 9.17) is 0 Å². The molecule has 0 N–H and O–H groups in total. The third-order valence-electron chi connectivity index (χ3n) is 4.99. The second-order valence-corrected chi connectivity index (χ2v) is 7.09. The van der Waals surface area contributed by atoms with Crippen molar-refractivity contribution in [2.24, 2.45) is 0 Å². The molecule has 0 aromatic heterocycles. The number of anilines is 2. The lowest BCUT2D eigenvalue weighted by molar-refractivity contribution is -0.118. The number of rotatable bonds is 5. The van der Waals surface area contributed by atoms with Gasteiger partial charge in [0.15, 0.2) is 0 Å². The van der Waals surface area contributed by atoms with E-state index in [-0.39, 0.29) is 11.8 Å². The van der Waals surface area contributed by atoms with Crippen molar-refractivity contribution in [2.45, 2.75) is 39.5 Å². The van der Waals surface area contributed by atoms with Gasteiger partial charge in [0.25, 0.3) is 0 Å². The Bertz CT molecular complexity index is 796. The Kier molecular flexibility index (Phi) is 5.40. The summed E-state index contributed by atoms with van der Waals surface area (Å²) in [4.78, 5) is 28.3. The summed E-state index contributed by atoms with van der Waals surface area (Å²) in [5, 5.41) is 0. The van der Waals surface area contributed by atoms with Crippen LogP contribution in [0.4, 0.5) is 11.4 Å². The molecule has 0 spiro atoms. The molecule has 0 bridgehead atoms. The molecule has 0 saturated heterocycles. The first-order chi connectivity index (χ1) is 12.5. The largest absolute Gasteiger partial charge is 0.312 e. The van der Waals surface area contributed by atoms with Crippen molar-refractivity contribution in [1.82, 2.24) is 0 Å². The van der Waals surface area contributed by atoms with Gasteiger partial charge in [0.2, 0.25) is 11.8 Å². The molecule has 136 valence electrons. The van der Waals surface area contributed by atoms with Gasteiger partial charge in [-0.25, -0.2) is 0 Å². The van der Waals surface area contributed by atoms with E-state index in [1.54, 1.807) is 11.8 Å². The van der Waals surface area contributed by atoms with Crippen LogP contribution in [0.1, 0.15) is 44.2 Å². The number of hydrogen-bond acceptors (Lipinski definition) is 2. The number of amides is 2. The fourth-order valence-electron chi connectivity index (χ4n) is 3.45. The summed E-state index contributed by atoms with van der Waals surface area (Å²) in [5.41, 5.74) is 4.31. The first-order valence-electron chi connectivity index (χ1n) is 9.23. The van der Waals surface area contributed by atoms with E-state index in [0.29, 0.717) is 18.9 Å². The Balaban J connectivity index is 1.68. The van der Waals surface area contributed by atoms with Crippen LogP contribution in [-0.4, -0.2) is 24.9 Å². The zero-order valence-electron chi connectivity index (χ0n) is 15.7. The number of carbonyl (C=O) groups excluding carboxylic acids is 2. The van der Waals surface area contributed by atoms with Crippen LogP contribution in [0.15, 0.2) is 48.5 Å². The average molecular weight is 350 g/mol. The van der Waals surface area contributed by atoms with Gasteiger partial charge in [0.05, 0.1) is 0 Å².